The molecule has 0 radical (unpaired) electrons. The van der Waals surface area contributed by atoms with Gasteiger partial charge in [-0.25, -0.2) is 62.0 Å². The van der Waals surface area contributed by atoms with E-state index in [2.05, 4.69) is 96.9 Å². The van der Waals surface area contributed by atoms with Crippen molar-refractivity contribution >= 4 is 221 Å². The first-order valence-corrected chi connectivity index (χ1v) is 43.9. The van der Waals surface area contributed by atoms with E-state index in [9.17, 15) is 76.3 Å². The molecule has 0 aliphatic carbocycles. The standard InChI is InChI=1S/C20H22N6O4S.C17H16N4O4S.C16H14FN5O4S.C14H11N5O4S.C14H10N4O4S2/c1-2-30-20(29)24-18(28)14-6-9-31-19(14)23-17(27)13-10-21-16-15(11-22-26(16)12-13)25-7-4-3-5-8-25;1-10(2)25-17(24)20-15(23)13-5-8-26-16(13)19-14(22)11-4-7-21-12(9-11)3-6-18-21;1-8(2)26-16(25)21-14(24)10-5-11(17)27-15(10)20-13(23)9-6-18-12-3-4-19-22(12)7-9;1-23-14(22)18-12(21)9-3-5-24-13(9)17-11(20)8-6-15-10-2-4-16-19(10)7-8;1-22-14(21)18-10(19)7-3-5-23-12(7)17-11(20)13-16-8-6-15-4-2-9(8)24-13/h6,9-12H,2-5,7-8H2,1H3,(H,23,27)(H,24,28,29);3-10H,1-2H3,(H,19,22)(H,20,23,24);3-8H,1-2H3,(H,20,23)(H,21,24,25);2-7H,1H3,(H,17,20)(H,18,21,22);2-6H,1H3,(H,17,20)(H,18,19,21). The number of methoxy groups -OCH3 is 2. The van der Waals surface area contributed by atoms with Gasteiger partial charge in [-0.05, 0) is 124 Å². The van der Waals surface area contributed by atoms with Gasteiger partial charge in [0, 0.05) is 92.6 Å². The van der Waals surface area contributed by atoms with Crippen molar-refractivity contribution in [1.29, 1.82) is 0 Å². The smallest absolute Gasteiger partial charge is 0.414 e. The van der Waals surface area contributed by atoms with Gasteiger partial charge >= 0.3 is 30.5 Å². The van der Waals surface area contributed by atoms with Gasteiger partial charge in [-0.3, -0.25) is 79.5 Å². The topological polar surface area (TPSA) is 559 Å². The second-order valence-corrected chi connectivity index (χ2v) is 32.9. The molecule has 1 fully saturated rings. The highest BCUT2D eigenvalue weighted by molar-refractivity contribution is 7.20. The molecule has 16 rings (SSSR count). The minimum atomic E-state index is -0.966. The first-order chi connectivity index (χ1) is 63.5. The Balaban J connectivity index is 0.000000149. The summed E-state index contributed by atoms with van der Waals surface area (Å²) in [6.45, 7) is 10.3. The van der Waals surface area contributed by atoms with E-state index < -0.39 is 94.9 Å². The number of hydrogen-bond acceptors (Lipinski definition) is 36. The monoisotopic (exact) mass is 1910 g/mol. The molecule has 0 unspecified atom stereocenters. The van der Waals surface area contributed by atoms with E-state index in [4.69, 9.17) is 14.2 Å². The fraction of sp³-hybridized carbons (Fsp3) is 0.185. The van der Waals surface area contributed by atoms with Crippen molar-refractivity contribution in [3.8, 4) is 0 Å². The van der Waals surface area contributed by atoms with Crippen LogP contribution in [0.1, 0.15) is 157 Å². The number of thiophene rings is 5. The normalized spacial score (nSPS) is 11.3. The van der Waals surface area contributed by atoms with Crippen LogP contribution in [-0.2, 0) is 23.7 Å². The highest BCUT2D eigenvalue weighted by Crippen LogP contribution is 2.32. The minimum Gasteiger partial charge on any atom is -0.453 e. The van der Waals surface area contributed by atoms with Crippen LogP contribution in [0.3, 0.4) is 0 Å². The summed E-state index contributed by atoms with van der Waals surface area (Å²) in [5.41, 5.74) is 5.88. The predicted octanol–water partition coefficient (Wildman–Crippen LogP) is 12.3. The quantitative estimate of drug-likeness (QED) is 0.0336. The number of hydrogen-bond donors (Lipinski definition) is 10. The summed E-state index contributed by atoms with van der Waals surface area (Å²) in [7, 11) is 2.30. The van der Waals surface area contributed by atoms with Gasteiger partial charge in [0.2, 0.25) is 0 Å². The van der Waals surface area contributed by atoms with Crippen LogP contribution in [0.5, 0.6) is 0 Å². The van der Waals surface area contributed by atoms with E-state index in [1.54, 1.807) is 145 Å². The summed E-state index contributed by atoms with van der Waals surface area (Å²) in [6, 6.07) is 17.2. The third-order valence-electron chi connectivity index (χ3n) is 17.5. The Morgan fingerprint density at radius 1 is 0.424 bits per heavy atom. The zero-order chi connectivity index (χ0) is 94.2. The molecule has 15 amide bonds. The summed E-state index contributed by atoms with van der Waals surface area (Å²) in [5.74, 6) is -5.81. The number of nitrogens with one attached hydrogen (secondary N) is 10. The van der Waals surface area contributed by atoms with E-state index in [-0.39, 0.29) is 67.6 Å². The Morgan fingerprint density at radius 2 is 0.864 bits per heavy atom. The van der Waals surface area contributed by atoms with Gasteiger partial charge in [0.1, 0.15) is 36.2 Å². The van der Waals surface area contributed by atoms with Gasteiger partial charge in [-0.1, -0.05) is 11.3 Å². The average Bonchev–Trinajstić information content (AvgIpc) is 1.51. The van der Waals surface area contributed by atoms with Gasteiger partial charge in [-0.15, -0.1) is 56.7 Å². The number of carbonyl (C=O) groups is 15. The maximum absolute atomic E-state index is 13.7. The summed E-state index contributed by atoms with van der Waals surface area (Å²) in [4.78, 5) is 203. The van der Waals surface area contributed by atoms with Crippen molar-refractivity contribution in [3.63, 3.8) is 0 Å². The van der Waals surface area contributed by atoms with Gasteiger partial charge < -0.3 is 55.2 Å². The van der Waals surface area contributed by atoms with Crippen molar-refractivity contribution in [2.24, 2.45) is 0 Å². The summed E-state index contributed by atoms with van der Waals surface area (Å²) < 4.78 is 43.7. The number of imide groups is 5. The lowest BCUT2D eigenvalue weighted by atomic mass is 10.1. The molecule has 680 valence electrons. The maximum Gasteiger partial charge on any atom is 0.414 e. The molecule has 0 saturated carbocycles. The lowest BCUT2D eigenvalue weighted by Crippen LogP contribution is -2.33. The van der Waals surface area contributed by atoms with Crippen LogP contribution < -0.4 is 58.1 Å². The predicted molar refractivity (Wildman–Crippen MR) is 481 cm³/mol. The molecule has 1 saturated heterocycles. The van der Waals surface area contributed by atoms with Crippen LogP contribution in [0.15, 0.2) is 169 Å². The SMILES string of the molecule is CC(C)OC(=O)NC(=O)c1cc(F)sc1NC(=O)c1cnc2ccnn2c1.CC(C)OC(=O)NC(=O)c1ccsc1NC(=O)c1ccn2nccc2c1.CCOC(=O)NC(=O)c1ccsc1NC(=O)c1cnc2c(N3CCCCC3)cnn2c1.COC(=O)NC(=O)c1ccsc1NC(=O)c1cnc2ccnn2c1.COC(=O)NC(=O)c1ccsc1NC(=O)c1nc2cnccc2s1. The van der Waals surface area contributed by atoms with Crippen molar-refractivity contribution in [2.45, 2.75) is 66.1 Å². The molecule has 15 aromatic heterocycles. The molecule has 1 aliphatic heterocycles. The molecular formula is C81H73FN24O20S6. The molecule has 0 spiro atoms. The number of nitrogens with zero attached hydrogens (tertiary/aromatic N) is 14. The van der Waals surface area contributed by atoms with Gasteiger partial charge in [0.15, 0.2) is 27.1 Å². The fourth-order valence-corrected chi connectivity index (χ4v) is 16.2. The molecule has 16 heterocycles. The van der Waals surface area contributed by atoms with Crippen LogP contribution >= 0.6 is 68.0 Å². The Labute approximate surface area is 766 Å². The number of anilines is 6. The van der Waals surface area contributed by atoms with E-state index >= 15 is 0 Å². The average molecular weight is 1910 g/mol. The number of carbonyl (C=O) groups excluding carboxylic acids is 15. The number of fused-ring (bicyclic) bond motifs is 5. The molecule has 0 bridgehead atoms. The van der Waals surface area contributed by atoms with Crippen molar-refractivity contribution < 1.29 is 100.0 Å². The van der Waals surface area contributed by atoms with Crippen LogP contribution in [0.4, 0.5) is 59.1 Å². The summed E-state index contributed by atoms with van der Waals surface area (Å²) >= 11 is 6.45. The number of thiazole rings is 1. The fourth-order valence-electron chi connectivity index (χ4n) is 11.5. The molecule has 0 atom stereocenters. The van der Waals surface area contributed by atoms with E-state index in [1.165, 1.54) is 111 Å². The lowest BCUT2D eigenvalue weighted by molar-refractivity contribution is 0.0860. The molecule has 44 nitrogen and oxygen atoms in total. The Morgan fingerprint density at radius 3 is 1.35 bits per heavy atom. The Hall–Kier alpha value is -16.1. The van der Waals surface area contributed by atoms with Crippen molar-refractivity contribution in [2.75, 3.05) is 65.4 Å². The lowest BCUT2D eigenvalue weighted by Gasteiger charge is -2.27. The van der Waals surface area contributed by atoms with Crippen LogP contribution in [-0.4, -0.2) is 199 Å². The second-order valence-electron chi connectivity index (χ2n) is 27.2. The van der Waals surface area contributed by atoms with Crippen LogP contribution in [0.25, 0.3) is 32.7 Å². The highest BCUT2D eigenvalue weighted by atomic mass is 32.1. The van der Waals surface area contributed by atoms with E-state index in [0.29, 0.717) is 64.9 Å². The third-order valence-corrected chi connectivity index (χ3v) is 22.7. The molecule has 10 N–H and O–H groups in total. The van der Waals surface area contributed by atoms with Crippen LogP contribution in [0.2, 0.25) is 0 Å². The number of ether oxygens (including phenoxy) is 5. The first-order valence-electron chi connectivity index (χ1n) is 38.8. The van der Waals surface area contributed by atoms with Gasteiger partial charge in [0.05, 0.1) is 113 Å². The number of aromatic nitrogens is 13. The van der Waals surface area contributed by atoms with Gasteiger partial charge in [0.25, 0.3) is 59.1 Å². The molecular weight excluding hydrogens is 1840 g/mol. The number of amides is 15. The van der Waals surface area contributed by atoms with E-state index in [0.717, 1.165) is 84.8 Å². The largest absolute Gasteiger partial charge is 0.453 e. The summed E-state index contributed by atoms with van der Waals surface area (Å²) in [5, 5.41) is 47.2. The number of piperidine rings is 1. The molecule has 0 aromatic carbocycles. The number of alkyl carbamates (subject to hydrolysis) is 5. The number of rotatable bonds is 19. The van der Waals surface area contributed by atoms with Crippen molar-refractivity contribution in [3.05, 3.63) is 229 Å². The van der Waals surface area contributed by atoms with Gasteiger partial charge in [-0.2, -0.15) is 24.8 Å². The maximum atomic E-state index is 13.7. The Bertz CT molecular complexity index is 6740. The first kappa shape index (κ1) is 95.0. The zero-order valence-corrected chi connectivity index (χ0v) is 74.7. The summed E-state index contributed by atoms with van der Waals surface area (Å²) in [6.07, 6.45) is 18.5. The van der Waals surface area contributed by atoms with Crippen LogP contribution in [0, 0.1) is 5.13 Å². The molecule has 132 heavy (non-hydrogen) atoms. The zero-order valence-electron chi connectivity index (χ0n) is 69.8. The number of pyridine rings is 2. The van der Waals surface area contributed by atoms with E-state index in [1.807, 2.05) is 16.0 Å². The number of halogens is 1. The second kappa shape index (κ2) is 44.5. The molecule has 15 aromatic rings. The molecule has 51 heteroatoms. The molecule has 1 aliphatic rings. The van der Waals surface area contributed by atoms with Crippen molar-refractivity contribution in [1.82, 2.24) is 90.0 Å². The third kappa shape index (κ3) is 25.0. The Kier molecular flexibility index (Phi) is 32.1. The highest BCUT2D eigenvalue weighted by Gasteiger charge is 2.28. The minimum absolute atomic E-state index is 0.0482.